The van der Waals surface area contributed by atoms with Gasteiger partial charge in [-0.1, -0.05) is 0 Å². The molecular formula is C13H10F4O4. The summed E-state index contributed by atoms with van der Waals surface area (Å²) in [6.45, 7) is -3.14. The first-order valence-electron chi connectivity index (χ1n) is 6.55. The van der Waals surface area contributed by atoms with Gasteiger partial charge in [-0.05, 0) is 18.2 Å². The number of methoxy groups -OCH3 is 1. The molecule has 2 rings (SSSR count). The highest BCUT2D eigenvalue weighted by molar-refractivity contribution is 5.96. The number of carbonyl (C=O) groups is 1. The number of esters is 1. The van der Waals surface area contributed by atoms with E-state index in [2.05, 4.69) is 9.47 Å². The Morgan fingerprint density at radius 3 is 2.71 bits per heavy atom. The van der Waals surface area contributed by atoms with Crippen molar-refractivity contribution in [2.45, 2.75) is 18.8 Å². The fraction of sp³-hybridized carbons (Fsp3) is 0.308. The molecule has 8 heteroatoms. The van der Waals surface area contributed by atoms with Gasteiger partial charge >= 0.3 is 12.1 Å². The molecule has 0 fully saturated rings. The van der Waals surface area contributed by atoms with Crippen molar-refractivity contribution in [1.82, 2.24) is 0 Å². The van der Waals surface area contributed by atoms with Crippen LogP contribution in [0.15, 0.2) is 17.7 Å². The Morgan fingerprint density at radius 1 is 1.52 bits per heavy atom. The van der Waals surface area contributed by atoms with Crippen molar-refractivity contribution in [3.63, 3.8) is 0 Å². The summed E-state index contributed by atoms with van der Waals surface area (Å²) in [5, 5.41) is 9.37. The highest BCUT2D eigenvalue weighted by Gasteiger charge is 2.49. The standard InChI is InChI=1S/C13H10F4O4/c1-20-12(19)9-4-6-2-8(14)3-7(5-18)10(6)21-11(9)13(15,16)17/h2-4,11,18H,5H2,1H3/t11-/m0/s1/i5D2. The lowest BCUT2D eigenvalue weighted by atomic mass is 9.98. The van der Waals surface area contributed by atoms with E-state index in [4.69, 9.17) is 2.74 Å². The molecule has 1 aromatic rings. The van der Waals surface area contributed by atoms with Gasteiger partial charge in [0.25, 0.3) is 0 Å². The van der Waals surface area contributed by atoms with Crippen LogP contribution in [0.2, 0.25) is 0 Å². The van der Waals surface area contributed by atoms with E-state index in [9.17, 15) is 27.5 Å². The normalized spacial score (nSPS) is 19.7. The van der Waals surface area contributed by atoms with Crippen LogP contribution in [0.3, 0.4) is 0 Å². The number of alkyl halides is 3. The lowest BCUT2D eigenvalue weighted by molar-refractivity contribution is -0.187. The van der Waals surface area contributed by atoms with Crippen molar-refractivity contribution in [2.24, 2.45) is 0 Å². The Bertz CT molecular complexity index is 680. The van der Waals surface area contributed by atoms with Crippen LogP contribution in [-0.4, -0.2) is 30.5 Å². The third kappa shape index (κ3) is 2.85. The lowest BCUT2D eigenvalue weighted by Crippen LogP contribution is -2.40. The van der Waals surface area contributed by atoms with E-state index >= 15 is 0 Å². The van der Waals surface area contributed by atoms with Gasteiger partial charge in [-0.2, -0.15) is 13.2 Å². The molecule has 21 heavy (non-hydrogen) atoms. The first kappa shape index (κ1) is 12.6. The van der Waals surface area contributed by atoms with Crippen LogP contribution < -0.4 is 4.74 Å². The van der Waals surface area contributed by atoms with E-state index < -0.39 is 47.5 Å². The fourth-order valence-corrected chi connectivity index (χ4v) is 1.89. The van der Waals surface area contributed by atoms with Crippen LogP contribution in [0.5, 0.6) is 5.75 Å². The zero-order chi connectivity index (χ0) is 17.6. The summed E-state index contributed by atoms with van der Waals surface area (Å²) >= 11 is 0. The quantitative estimate of drug-likeness (QED) is 0.672. The van der Waals surface area contributed by atoms with E-state index in [1.807, 2.05) is 0 Å². The van der Waals surface area contributed by atoms with Crippen molar-refractivity contribution < 1.29 is 39.7 Å². The molecule has 114 valence electrons. The van der Waals surface area contributed by atoms with Crippen LogP contribution in [0.1, 0.15) is 13.9 Å². The molecule has 1 N–H and O–H groups in total. The third-order valence-corrected chi connectivity index (χ3v) is 2.75. The molecule has 1 aliphatic rings. The van der Waals surface area contributed by atoms with Gasteiger partial charge in [-0.25, -0.2) is 9.18 Å². The molecule has 1 atom stereocenters. The van der Waals surface area contributed by atoms with Crippen LogP contribution in [-0.2, 0) is 16.1 Å². The molecule has 0 unspecified atom stereocenters. The molecule has 0 spiro atoms. The molecule has 0 aliphatic carbocycles. The lowest BCUT2D eigenvalue weighted by Gasteiger charge is -2.28. The molecule has 1 aliphatic heterocycles. The van der Waals surface area contributed by atoms with Gasteiger partial charge in [0.05, 0.1) is 22.0 Å². The number of ether oxygens (including phenoxy) is 2. The minimum Gasteiger partial charge on any atom is -0.475 e. The summed E-state index contributed by atoms with van der Waals surface area (Å²) in [6, 6.07) is 1.27. The summed E-state index contributed by atoms with van der Waals surface area (Å²) in [7, 11) is 0.871. The monoisotopic (exact) mass is 308 g/mol. The Morgan fingerprint density at radius 2 is 2.19 bits per heavy atom. The molecule has 0 saturated carbocycles. The van der Waals surface area contributed by atoms with Crippen LogP contribution >= 0.6 is 0 Å². The molecule has 4 nitrogen and oxygen atoms in total. The average molecular weight is 308 g/mol. The molecule has 0 saturated heterocycles. The predicted molar refractivity (Wildman–Crippen MR) is 62.8 cm³/mol. The molecule has 1 aromatic carbocycles. The van der Waals surface area contributed by atoms with Crippen molar-refractivity contribution in [1.29, 1.82) is 0 Å². The number of fused-ring (bicyclic) bond motifs is 1. The van der Waals surface area contributed by atoms with Crippen LogP contribution in [0, 0.1) is 5.82 Å². The van der Waals surface area contributed by atoms with Gasteiger partial charge in [-0.3, -0.25) is 0 Å². The van der Waals surface area contributed by atoms with Gasteiger partial charge in [0.2, 0.25) is 6.10 Å². The smallest absolute Gasteiger partial charge is 0.430 e. The molecule has 0 aromatic heterocycles. The zero-order valence-electron chi connectivity index (χ0n) is 12.5. The van der Waals surface area contributed by atoms with Crippen molar-refractivity contribution in [3.8, 4) is 5.75 Å². The highest BCUT2D eigenvalue weighted by Crippen LogP contribution is 2.39. The van der Waals surface area contributed by atoms with E-state index in [1.54, 1.807) is 0 Å². The maximum Gasteiger partial charge on any atom is 0.430 e. The SMILES string of the molecule is [2H]C([2H])(O)c1cc(F)cc2c1O[C@H](C(F)(F)F)C(C(=O)OC)=C2. The summed E-state index contributed by atoms with van der Waals surface area (Å²) < 4.78 is 76.1. The number of rotatable bonds is 2. The fourth-order valence-electron chi connectivity index (χ4n) is 1.89. The summed E-state index contributed by atoms with van der Waals surface area (Å²) in [5.41, 5.74) is -2.05. The molecular weight excluding hydrogens is 296 g/mol. The first-order chi connectivity index (χ1) is 10.4. The van der Waals surface area contributed by atoms with Crippen LogP contribution in [0.4, 0.5) is 17.6 Å². The number of carbonyl (C=O) groups excluding carboxylic acids is 1. The van der Waals surface area contributed by atoms with Crippen molar-refractivity contribution >= 4 is 12.0 Å². The van der Waals surface area contributed by atoms with Crippen molar-refractivity contribution in [3.05, 3.63) is 34.6 Å². The number of aliphatic hydroxyl groups is 1. The van der Waals surface area contributed by atoms with E-state index in [0.717, 1.165) is 13.2 Å². The summed E-state index contributed by atoms with van der Waals surface area (Å²) in [4.78, 5) is 11.5. The number of benzene rings is 1. The minimum absolute atomic E-state index is 0.321. The average Bonchev–Trinajstić information content (AvgIpc) is 2.42. The van der Waals surface area contributed by atoms with Gasteiger partial charge in [0.15, 0.2) is 0 Å². The third-order valence-electron chi connectivity index (χ3n) is 2.75. The second-order valence-corrected chi connectivity index (χ2v) is 4.11. The van der Waals surface area contributed by atoms with Gasteiger partial charge in [-0.15, -0.1) is 0 Å². The number of hydrogen-bond donors (Lipinski definition) is 1. The zero-order valence-corrected chi connectivity index (χ0v) is 10.5. The highest BCUT2D eigenvalue weighted by atomic mass is 19.4. The predicted octanol–water partition coefficient (Wildman–Crippen LogP) is 2.20. The first-order valence-corrected chi connectivity index (χ1v) is 5.55. The van der Waals surface area contributed by atoms with Gasteiger partial charge in [0.1, 0.15) is 11.6 Å². The largest absolute Gasteiger partial charge is 0.475 e. The Kier molecular flexibility index (Phi) is 3.23. The van der Waals surface area contributed by atoms with Crippen LogP contribution in [0.25, 0.3) is 6.08 Å². The topological polar surface area (TPSA) is 55.8 Å². The van der Waals surface area contributed by atoms with Gasteiger partial charge < -0.3 is 14.6 Å². The number of hydrogen-bond acceptors (Lipinski definition) is 4. The second kappa shape index (κ2) is 5.36. The minimum atomic E-state index is -5.01. The molecule has 0 radical (unpaired) electrons. The van der Waals surface area contributed by atoms with E-state index in [0.29, 0.717) is 12.1 Å². The van der Waals surface area contributed by atoms with Gasteiger partial charge in [0, 0.05) is 11.1 Å². The Balaban J connectivity index is 2.70. The maximum atomic E-state index is 13.5. The molecule has 0 amide bonds. The molecule has 1 heterocycles. The van der Waals surface area contributed by atoms with E-state index in [-0.39, 0.29) is 5.56 Å². The Hall–Kier alpha value is -2.09. The summed E-state index contributed by atoms with van der Waals surface area (Å²) in [5.74, 6) is -3.05. The second-order valence-electron chi connectivity index (χ2n) is 4.11. The van der Waals surface area contributed by atoms with Crippen molar-refractivity contribution in [2.75, 3.05) is 7.11 Å². The Labute approximate surface area is 119 Å². The summed E-state index contributed by atoms with van der Waals surface area (Å²) in [6.07, 6.45) is -7.04. The molecule has 0 bridgehead atoms. The maximum absolute atomic E-state index is 13.5. The number of halogens is 4. The van der Waals surface area contributed by atoms with E-state index in [1.165, 1.54) is 0 Å².